The van der Waals surface area contributed by atoms with Crippen LogP contribution in [0.1, 0.15) is 18.9 Å². The molecule has 3 heteroatoms. The van der Waals surface area contributed by atoms with Crippen molar-refractivity contribution in [3.63, 3.8) is 0 Å². The monoisotopic (exact) mass is 287 g/mol. The molecular weight excluding hydrogens is 266 g/mol. The molecule has 2 rings (SSSR count). The van der Waals surface area contributed by atoms with Gasteiger partial charge in [-0.2, -0.15) is 0 Å². The van der Waals surface area contributed by atoms with Gasteiger partial charge in [-0.15, -0.1) is 11.8 Å². The van der Waals surface area contributed by atoms with Crippen LogP contribution in [0.25, 0.3) is 0 Å². The van der Waals surface area contributed by atoms with E-state index in [-0.39, 0.29) is 6.04 Å². The third kappa shape index (κ3) is 4.29. The van der Waals surface area contributed by atoms with Gasteiger partial charge in [-0.1, -0.05) is 19.1 Å². The lowest BCUT2D eigenvalue weighted by atomic mass is 10.0. The highest BCUT2D eigenvalue weighted by molar-refractivity contribution is 7.98. The Labute approximate surface area is 125 Å². The number of hydrogen-bond acceptors (Lipinski definition) is 3. The number of rotatable bonds is 6. The van der Waals surface area contributed by atoms with Gasteiger partial charge in [0, 0.05) is 10.9 Å². The summed E-state index contributed by atoms with van der Waals surface area (Å²) in [4.78, 5) is 1.24. The van der Waals surface area contributed by atoms with E-state index in [9.17, 15) is 0 Å². The van der Waals surface area contributed by atoms with E-state index in [1.54, 1.807) is 11.8 Å². The minimum atomic E-state index is 0.237. The van der Waals surface area contributed by atoms with Gasteiger partial charge in [-0.3, -0.25) is 0 Å². The fourth-order valence-corrected chi connectivity index (χ4v) is 2.33. The quantitative estimate of drug-likeness (QED) is 0.796. The SMILES string of the molecule is CCC(N)Cc1ccc(Oc2ccc(SC)cc2)cc1. The zero-order chi connectivity index (χ0) is 14.4. The van der Waals surface area contributed by atoms with Crippen molar-refractivity contribution in [3.8, 4) is 11.5 Å². The van der Waals surface area contributed by atoms with Crippen LogP contribution in [0.5, 0.6) is 11.5 Å². The average molecular weight is 287 g/mol. The number of benzene rings is 2. The van der Waals surface area contributed by atoms with Crippen LogP contribution < -0.4 is 10.5 Å². The molecule has 0 spiro atoms. The third-order valence-electron chi connectivity index (χ3n) is 3.24. The Hall–Kier alpha value is -1.45. The molecule has 0 saturated carbocycles. The van der Waals surface area contributed by atoms with Crippen LogP contribution >= 0.6 is 11.8 Å². The van der Waals surface area contributed by atoms with Gasteiger partial charge in [0.2, 0.25) is 0 Å². The first-order valence-corrected chi connectivity index (χ1v) is 8.10. The van der Waals surface area contributed by atoms with Crippen LogP contribution in [0.4, 0.5) is 0 Å². The molecule has 106 valence electrons. The lowest BCUT2D eigenvalue weighted by Crippen LogP contribution is -2.21. The van der Waals surface area contributed by atoms with Crippen molar-refractivity contribution in [2.24, 2.45) is 5.73 Å². The summed E-state index contributed by atoms with van der Waals surface area (Å²) in [5.74, 6) is 1.72. The number of thioether (sulfide) groups is 1. The predicted octanol–water partition coefficient (Wildman–Crippen LogP) is 4.48. The van der Waals surface area contributed by atoms with Crippen molar-refractivity contribution < 1.29 is 4.74 Å². The van der Waals surface area contributed by atoms with Crippen molar-refractivity contribution in [1.82, 2.24) is 0 Å². The topological polar surface area (TPSA) is 35.2 Å². The minimum absolute atomic E-state index is 0.237. The summed E-state index contributed by atoms with van der Waals surface area (Å²) in [6, 6.07) is 16.5. The van der Waals surface area contributed by atoms with Crippen LogP contribution in [0.2, 0.25) is 0 Å². The molecule has 1 unspecified atom stereocenters. The molecule has 1 atom stereocenters. The molecule has 0 aliphatic carbocycles. The first-order chi connectivity index (χ1) is 9.71. The minimum Gasteiger partial charge on any atom is -0.457 e. The summed E-state index contributed by atoms with van der Waals surface area (Å²) < 4.78 is 5.82. The molecule has 0 amide bonds. The van der Waals surface area contributed by atoms with Crippen molar-refractivity contribution in [2.75, 3.05) is 6.26 Å². The van der Waals surface area contributed by atoms with E-state index in [1.165, 1.54) is 10.5 Å². The Morgan fingerprint density at radius 3 is 2.05 bits per heavy atom. The molecule has 0 bridgehead atoms. The van der Waals surface area contributed by atoms with Gasteiger partial charge in [0.05, 0.1) is 0 Å². The van der Waals surface area contributed by atoms with Crippen LogP contribution in [-0.4, -0.2) is 12.3 Å². The molecule has 20 heavy (non-hydrogen) atoms. The van der Waals surface area contributed by atoms with E-state index in [4.69, 9.17) is 10.5 Å². The van der Waals surface area contributed by atoms with E-state index in [0.29, 0.717) is 0 Å². The molecule has 2 aromatic carbocycles. The van der Waals surface area contributed by atoms with E-state index in [1.807, 2.05) is 24.3 Å². The van der Waals surface area contributed by atoms with Gasteiger partial charge >= 0.3 is 0 Å². The van der Waals surface area contributed by atoms with Crippen LogP contribution in [0.15, 0.2) is 53.4 Å². The molecule has 0 heterocycles. The second-order valence-electron chi connectivity index (χ2n) is 4.79. The first kappa shape index (κ1) is 14.9. The van der Waals surface area contributed by atoms with Gasteiger partial charge in [0.25, 0.3) is 0 Å². The third-order valence-corrected chi connectivity index (χ3v) is 3.98. The molecular formula is C17H21NOS. The Bertz CT molecular complexity index is 522. The Morgan fingerprint density at radius 1 is 1.00 bits per heavy atom. The van der Waals surface area contributed by atoms with Crippen molar-refractivity contribution in [2.45, 2.75) is 30.7 Å². The Kier molecular flexibility index (Phi) is 5.50. The van der Waals surface area contributed by atoms with E-state index in [0.717, 1.165) is 24.3 Å². The second kappa shape index (κ2) is 7.36. The molecule has 0 saturated heterocycles. The molecule has 0 aromatic heterocycles. The largest absolute Gasteiger partial charge is 0.457 e. The van der Waals surface area contributed by atoms with Crippen molar-refractivity contribution in [3.05, 3.63) is 54.1 Å². The first-order valence-electron chi connectivity index (χ1n) is 6.87. The molecule has 0 aliphatic rings. The van der Waals surface area contributed by atoms with Crippen molar-refractivity contribution >= 4 is 11.8 Å². The summed E-state index contributed by atoms with van der Waals surface area (Å²) in [5, 5.41) is 0. The molecule has 2 N–H and O–H groups in total. The van der Waals surface area contributed by atoms with Crippen molar-refractivity contribution in [1.29, 1.82) is 0 Å². The van der Waals surface area contributed by atoms with Gasteiger partial charge < -0.3 is 10.5 Å². The zero-order valence-corrected chi connectivity index (χ0v) is 12.8. The van der Waals surface area contributed by atoms with Gasteiger partial charge in [-0.05, 0) is 61.1 Å². The maximum Gasteiger partial charge on any atom is 0.127 e. The second-order valence-corrected chi connectivity index (χ2v) is 5.67. The molecule has 0 fully saturated rings. The molecule has 2 nitrogen and oxygen atoms in total. The number of hydrogen-bond donors (Lipinski definition) is 1. The lowest BCUT2D eigenvalue weighted by Gasteiger charge is -2.10. The number of ether oxygens (including phenoxy) is 1. The lowest BCUT2D eigenvalue weighted by molar-refractivity contribution is 0.482. The summed E-state index contributed by atoms with van der Waals surface area (Å²) in [6.45, 7) is 2.11. The smallest absolute Gasteiger partial charge is 0.127 e. The standard InChI is InChI=1S/C17H21NOS/c1-3-14(18)12-13-4-6-15(7-5-13)19-16-8-10-17(20-2)11-9-16/h4-11,14H,3,12,18H2,1-2H3. The highest BCUT2D eigenvalue weighted by Gasteiger charge is 2.02. The molecule has 2 aromatic rings. The summed E-state index contributed by atoms with van der Waals surface area (Å²) in [6.07, 6.45) is 3.98. The van der Waals surface area contributed by atoms with E-state index >= 15 is 0 Å². The van der Waals surface area contributed by atoms with Gasteiger partial charge in [0.15, 0.2) is 0 Å². The summed E-state index contributed by atoms with van der Waals surface area (Å²) in [7, 11) is 0. The van der Waals surface area contributed by atoms with Crippen LogP contribution in [0.3, 0.4) is 0 Å². The average Bonchev–Trinajstić information content (AvgIpc) is 2.50. The van der Waals surface area contributed by atoms with Gasteiger partial charge in [-0.25, -0.2) is 0 Å². The highest BCUT2D eigenvalue weighted by Crippen LogP contribution is 2.24. The summed E-state index contributed by atoms with van der Waals surface area (Å²) >= 11 is 1.73. The fourth-order valence-electron chi connectivity index (χ4n) is 1.92. The zero-order valence-electron chi connectivity index (χ0n) is 12.0. The van der Waals surface area contributed by atoms with Gasteiger partial charge in [0.1, 0.15) is 11.5 Å². The fraction of sp³-hybridized carbons (Fsp3) is 0.294. The molecule has 0 aliphatic heterocycles. The van der Waals surface area contributed by atoms with Crippen LogP contribution in [-0.2, 0) is 6.42 Å². The maximum atomic E-state index is 5.96. The summed E-state index contributed by atoms with van der Waals surface area (Å²) in [5.41, 5.74) is 7.21. The van der Waals surface area contributed by atoms with Crippen LogP contribution in [0, 0.1) is 0 Å². The number of nitrogens with two attached hydrogens (primary N) is 1. The normalized spacial score (nSPS) is 12.2. The molecule has 0 radical (unpaired) electrons. The maximum absolute atomic E-state index is 5.96. The Balaban J connectivity index is 1.99. The Morgan fingerprint density at radius 2 is 1.55 bits per heavy atom. The highest BCUT2D eigenvalue weighted by atomic mass is 32.2. The predicted molar refractivity (Wildman–Crippen MR) is 86.7 cm³/mol. The van der Waals surface area contributed by atoms with E-state index in [2.05, 4.69) is 37.4 Å². The van der Waals surface area contributed by atoms with E-state index < -0.39 is 0 Å².